The van der Waals surface area contributed by atoms with Gasteiger partial charge in [-0.05, 0) is 44.7 Å². The highest BCUT2D eigenvalue weighted by molar-refractivity contribution is 4.90. The fourth-order valence-corrected chi connectivity index (χ4v) is 2.02. The fraction of sp³-hybridized carbons (Fsp3) is 0.909. The minimum absolute atomic E-state index is 0.350. The second kappa shape index (κ2) is 3.37. The third kappa shape index (κ3) is 2.01. The molecule has 12 heavy (non-hydrogen) atoms. The van der Waals surface area contributed by atoms with Gasteiger partial charge in [0.05, 0.1) is 0 Å². The van der Waals surface area contributed by atoms with E-state index in [2.05, 4.69) is 39.6 Å². The average Bonchev–Trinajstić information content (AvgIpc) is 2.31. The molecule has 71 valence electrons. The maximum absolute atomic E-state index is 4.30. The highest BCUT2D eigenvalue weighted by atomic mass is 15.1. The first-order chi connectivity index (χ1) is 5.43. The van der Waals surface area contributed by atoms with Crippen LogP contribution in [-0.2, 0) is 0 Å². The van der Waals surface area contributed by atoms with E-state index in [4.69, 9.17) is 0 Å². The van der Waals surface area contributed by atoms with E-state index in [1.165, 1.54) is 19.4 Å². The maximum atomic E-state index is 4.30. The summed E-state index contributed by atoms with van der Waals surface area (Å²) in [7, 11) is 2.22. The van der Waals surface area contributed by atoms with Gasteiger partial charge >= 0.3 is 0 Å². The van der Waals surface area contributed by atoms with Crippen LogP contribution in [0.3, 0.4) is 0 Å². The van der Waals surface area contributed by atoms with Crippen LogP contribution in [0, 0.1) is 18.3 Å². The van der Waals surface area contributed by atoms with Crippen molar-refractivity contribution >= 4 is 0 Å². The minimum atomic E-state index is 0.350. The highest BCUT2D eigenvalue weighted by Crippen LogP contribution is 2.34. The van der Waals surface area contributed by atoms with E-state index in [1.807, 2.05) is 0 Å². The van der Waals surface area contributed by atoms with Crippen molar-refractivity contribution in [3.8, 4) is 0 Å². The molecule has 0 aliphatic carbocycles. The number of nitrogens with zero attached hydrogens (tertiary/aromatic N) is 1. The normalized spacial score (nSPS) is 29.2. The topological polar surface area (TPSA) is 3.24 Å². The summed E-state index contributed by atoms with van der Waals surface area (Å²) in [5.74, 6) is 0.560. The van der Waals surface area contributed by atoms with Crippen molar-refractivity contribution in [2.45, 2.75) is 39.7 Å². The summed E-state index contributed by atoms with van der Waals surface area (Å²) in [6.07, 6.45) is 2.69. The van der Waals surface area contributed by atoms with E-state index in [9.17, 15) is 0 Å². The summed E-state index contributed by atoms with van der Waals surface area (Å²) in [4.78, 5) is 2.46. The Labute approximate surface area is 77.1 Å². The van der Waals surface area contributed by atoms with Crippen LogP contribution in [0.4, 0.5) is 0 Å². The van der Waals surface area contributed by atoms with Gasteiger partial charge in [0.1, 0.15) is 0 Å². The Bertz CT molecular complexity index is 146. The van der Waals surface area contributed by atoms with Gasteiger partial charge in [0, 0.05) is 6.04 Å². The van der Waals surface area contributed by atoms with Crippen molar-refractivity contribution in [3.05, 3.63) is 6.92 Å². The molecule has 2 atom stereocenters. The van der Waals surface area contributed by atoms with Gasteiger partial charge in [0.25, 0.3) is 0 Å². The van der Waals surface area contributed by atoms with Crippen LogP contribution in [0.25, 0.3) is 0 Å². The summed E-state index contributed by atoms with van der Waals surface area (Å²) < 4.78 is 0. The molecule has 1 radical (unpaired) electrons. The van der Waals surface area contributed by atoms with Gasteiger partial charge in [-0.1, -0.05) is 20.8 Å². The minimum Gasteiger partial charge on any atom is -0.303 e. The SMILES string of the molecule is [CH2]C(C1CCCN1C)C(C)(C)C. The van der Waals surface area contributed by atoms with Gasteiger partial charge in [0.2, 0.25) is 0 Å². The van der Waals surface area contributed by atoms with E-state index >= 15 is 0 Å². The fourth-order valence-electron chi connectivity index (χ4n) is 2.02. The first kappa shape index (κ1) is 10.0. The Kier molecular flexibility index (Phi) is 2.82. The van der Waals surface area contributed by atoms with Gasteiger partial charge in [-0.2, -0.15) is 0 Å². The third-order valence-electron chi connectivity index (χ3n) is 3.15. The molecule has 0 aromatic rings. The van der Waals surface area contributed by atoms with E-state index in [1.54, 1.807) is 0 Å². The molecule has 1 heterocycles. The molecule has 1 aliphatic heterocycles. The van der Waals surface area contributed by atoms with Crippen molar-refractivity contribution in [1.29, 1.82) is 0 Å². The molecule has 1 heteroatoms. The largest absolute Gasteiger partial charge is 0.303 e. The average molecular weight is 168 g/mol. The summed E-state index contributed by atoms with van der Waals surface area (Å²) in [6, 6.07) is 0.713. The molecule has 1 aliphatic rings. The molecule has 1 saturated heterocycles. The van der Waals surface area contributed by atoms with Crippen molar-refractivity contribution in [2.24, 2.45) is 11.3 Å². The van der Waals surface area contributed by atoms with Gasteiger partial charge in [-0.15, -0.1) is 0 Å². The highest BCUT2D eigenvalue weighted by Gasteiger charge is 2.33. The zero-order valence-corrected chi connectivity index (χ0v) is 8.93. The van der Waals surface area contributed by atoms with Gasteiger partial charge in [-0.3, -0.25) is 0 Å². The molecule has 0 N–H and O–H groups in total. The number of hydrogen-bond acceptors (Lipinski definition) is 1. The Morgan fingerprint density at radius 2 is 2.00 bits per heavy atom. The zero-order chi connectivity index (χ0) is 9.35. The number of likely N-dealkylation sites (tertiary alicyclic amines) is 1. The maximum Gasteiger partial charge on any atom is 0.0126 e. The van der Waals surface area contributed by atoms with E-state index < -0.39 is 0 Å². The molecule has 0 bridgehead atoms. The molecule has 1 nitrogen and oxygen atoms in total. The Morgan fingerprint density at radius 3 is 2.33 bits per heavy atom. The Balaban J connectivity index is 2.57. The lowest BCUT2D eigenvalue weighted by molar-refractivity contribution is 0.158. The zero-order valence-electron chi connectivity index (χ0n) is 8.93. The molecule has 0 saturated carbocycles. The monoisotopic (exact) mass is 168 g/mol. The lowest BCUT2D eigenvalue weighted by atomic mass is 9.77. The molecule has 0 spiro atoms. The third-order valence-corrected chi connectivity index (χ3v) is 3.15. The van der Waals surface area contributed by atoms with Crippen LogP contribution >= 0.6 is 0 Å². The number of rotatable bonds is 1. The summed E-state index contributed by atoms with van der Waals surface area (Å²) in [5, 5.41) is 0. The van der Waals surface area contributed by atoms with Gasteiger partial charge in [0.15, 0.2) is 0 Å². The molecule has 1 fully saturated rings. The van der Waals surface area contributed by atoms with Crippen LogP contribution in [-0.4, -0.2) is 24.5 Å². The molecular weight excluding hydrogens is 146 g/mol. The van der Waals surface area contributed by atoms with Gasteiger partial charge in [-0.25, -0.2) is 0 Å². The van der Waals surface area contributed by atoms with Crippen LogP contribution in [0.5, 0.6) is 0 Å². The van der Waals surface area contributed by atoms with Crippen LogP contribution in [0.1, 0.15) is 33.6 Å². The standard InChI is InChI=1S/C11H22N/c1-9(11(2,3)4)10-7-6-8-12(10)5/h9-10H,1,6-8H2,2-5H3. The van der Waals surface area contributed by atoms with Crippen molar-refractivity contribution < 1.29 is 0 Å². The smallest absolute Gasteiger partial charge is 0.0126 e. The molecule has 0 aromatic heterocycles. The predicted octanol–water partition coefficient (Wildman–Crippen LogP) is 2.58. The lowest BCUT2D eigenvalue weighted by Gasteiger charge is -2.35. The van der Waals surface area contributed by atoms with Crippen LogP contribution in [0.15, 0.2) is 0 Å². The van der Waals surface area contributed by atoms with E-state index in [0.717, 1.165) is 0 Å². The van der Waals surface area contributed by atoms with Crippen molar-refractivity contribution in [1.82, 2.24) is 4.90 Å². The van der Waals surface area contributed by atoms with Crippen LogP contribution in [0.2, 0.25) is 0 Å². The van der Waals surface area contributed by atoms with Gasteiger partial charge < -0.3 is 4.90 Å². The van der Waals surface area contributed by atoms with E-state index in [-0.39, 0.29) is 0 Å². The summed E-state index contributed by atoms with van der Waals surface area (Å²) in [6.45, 7) is 12.4. The molecule has 1 rings (SSSR count). The van der Waals surface area contributed by atoms with Crippen molar-refractivity contribution in [3.63, 3.8) is 0 Å². The molecular formula is C11H22N. The molecule has 2 unspecified atom stereocenters. The Morgan fingerprint density at radius 1 is 1.42 bits per heavy atom. The Hall–Kier alpha value is -0.0400. The first-order valence-corrected chi connectivity index (χ1v) is 4.96. The van der Waals surface area contributed by atoms with Crippen molar-refractivity contribution in [2.75, 3.05) is 13.6 Å². The first-order valence-electron chi connectivity index (χ1n) is 4.96. The lowest BCUT2D eigenvalue weighted by Crippen LogP contribution is -2.37. The summed E-state index contributed by atoms with van der Waals surface area (Å²) >= 11 is 0. The number of hydrogen-bond donors (Lipinski definition) is 0. The second-order valence-corrected chi connectivity index (χ2v) is 5.16. The molecule has 0 aromatic carbocycles. The van der Waals surface area contributed by atoms with E-state index in [0.29, 0.717) is 17.4 Å². The second-order valence-electron chi connectivity index (χ2n) is 5.16. The summed E-state index contributed by atoms with van der Waals surface area (Å²) in [5.41, 5.74) is 0.350. The quantitative estimate of drug-likeness (QED) is 0.581. The molecule has 0 amide bonds. The van der Waals surface area contributed by atoms with Crippen LogP contribution < -0.4 is 0 Å². The predicted molar refractivity (Wildman–Crippen MR) is 54.0 cm³/mol.